The van der Waals surface area contributed by atoms with E-state index in [0.717, 1.165) is 6.07 Å². The van der Waals surface area contributed by atoms with Crippen molar-refractivity contribution < 1.29 is 13.7 Å². The largest absolute Gasteiger partial charge is 0.320 e. The summed E-state index contributed by atoms with van der Waals surface area (Å²) >= 11 is 5.25. The predicted octanol–water partition coefficient (Wildman–Crippen LogP) is 3.40. The molecule has 1 rings (SSSR count). The van der Waals surface area contributed by atoms with E-state index in [9.17, 15) is 18.9 Å². The minimum atomic E-state index is -1.23. The predicted molar refractivity (Wildman–Crippen MR) is 48.4 cm³/mol. The summed E-state index contributed by atoms with van der Waals surface area (Å²) < 4.78 is 25.0. The van der Waals surface area contributed by atoms with Crippen LogP contribution in [0, 0.1) is 21.7 Å². The summed E-state index contributed by atoms with van der Waals surface area (Å²) in [7, 11) is 0. The molecule has 13 heavy (non-hydrogen) atoms. The summed E-state index contributed by atoms with van der Waals surface area (Å²) in [4.78, 5) is 9.37. The third-order valence-corrected chi connectivity index (χ3v) is 2.60. The first-order valence-electron chi connectivity index (χ1n) is 2.92. The molecule has 0 aliphatic heterocycles. The molecule has 0 saturated carbocycles. The summed E-state index contributed by atoms with van der Waals surface area (Å²) in [5, 5.41) is 10.3. The van der Waals surface area contributed by atoms with Gasteiger partial charge in [-0.05, 0) is 37.9 Å². The number of nitro benzene ring substituents is 1. The maximum absolute atomic E-state index is 13.0. The van der Waals surface area contributed by atoms with Gasteiger partial charge in [0.15, 0.2) is 0 Å². The molecule has 0 unspecified atom stereocenters. The van der Waals surface area contributed by atoms with Crippen molar-refractivity contribution in [3.8, 4) is 0 Å². The second-order valence-corrected chi connectivity index (χ2v) is 3.72. The Hall–Kier alpha value is -0.560. The van der Waals surface area contributed by atoms with E-state index in [4.69, 9.17) is 0 Å². The van der Waals surface area contributed by atoms with Gasteiger partial charge in [-0.3, -0.25) is 10.1 Å². The third-order valence-electron chi connectivity index (χ3n) is 1.27. The number of hydrogen-bond acceptors (Lipinski definition) is 2. The van der Waals surface area contributed by atoms with Gasteiger partial charge in [0.2, 0.25) is 5.82 Å². The maximum atomic E-state index is 13.0. The molecule has 0 aromatic heterocycles. The lowest BCUT2D eigenvalue weighted by Gasteiger charge is -2.00. The fourth-order valence-corrected chi connectivity index (χ4v) is 1.55. The van der Waals surface area contributed by atoms with Gasteiger partial charge in [-0.25, -0.2) is 4.39 Å². The molecule has 0 saturated heterocycles. The van der Waals surface area contributed by atoms with Crippen LogP contribution in [0.25, 0.3) is 0 Å². The maximum Gasteiger partial charge on any atom is 0.320 e. The lowest BCUT2D eigenvalue weighted by Crippen LogP contribution is -1.96. The summed E-state index contributed by atoms with van der Waals surface area (Å²) in [5.41, 5.74) is -0.784. The van der Waals surface area contributed by atoms with Gasteiger partial charge in [-0.15, -0.1) is 0 Å². The van der Waals surface area contributed by atoms with Crippen LogP contribution in [-0.4, -0.2) is 4.92 Å². The van der Waals surface area contributed by atoms with Crippen LogP contribution in [0.4, 0.5) is 14.5 Å². The average molecular weight is 317 g/mol. The molecule has 0 radical (unpaired) electrons. The molecule has 1 aromatic rings. The van der Waals surface area contributed by atoms with Crippen molar-refractivity contribution in [1.29, 1.82) is 0 Å². The molecule has 0 bridgehead atoms. The van der Waals surface area contributed by atoms with Crippen molar-refractivity contribution in [3.05, 3.63) is 36.8 Å². The zero-order chi connectivity index (χ0) is 10.2. The van der Waals surface area contributed by atoms with E-state index in [-0.39, 0.29) is 4.47 Å². The summed E-state index contributed by atoms with van der Waals surface area (Å²) in [6.45, 7) is 0. The van der Waals surface area contributed by atoms with Gasteiger partial charge in [0.1, 0.15) is 10.3 Å². The Kier molecular flexibility index (Phi) is 2.97. The van der Waals surface area contributed by atoms with E-state index in [2.05, 4.69) is 31.9 Å². The molecule has 70 valence electrons. The first-order valence-corrected chi connectivity index (χ1v) is 4.51. The fourth-order valence-electron chi connectivity index (χ4n) is 0.724. The molecule has 0 heterocycles. The Morgan fingerprint density at radius 1 is 1.38 bits per heavy atom. The van der Waals surface area contributed by atoms with Crippen molar-refractivity contribution in [3.63, 3.8) is 0 Å². The second-order valence-electron chi connectivity index (χ2n) is 2.07. The van der Waals surface area contributed by atoms with Crippen molar-refractivity contribution in [2.45, 2.75) is 0 Å². The Balaban J connectivity index is 3.53. The molecule has 0 aliphatic carbocycles. The second kappa shape index (κ2) is 3.67. The van der Waals surface area contributed by atoms with Gasteiger partial charge in [0.05, 0.1) is 9.40 Å². The SMILES string of the molecule is O=[N+]([O-])c1c(Br)cc(F)c(Br)c1F. The zero-order valence-electron chi connectivity index (χ0n) is 5.85. The topological polar surface area (TPSA) is 43.1 Å². The molecule has 1 aromatic carbocycles. The normalized spacial score (nSPS) is 10.2. The van der Waals surface area contributed by atoms with E-state index in [1.54, 1.807) is 0 Å². The summed E-state index contributed by atoms with van der Waals surface area (Å²) in [5.74, 6) is -2.12. The quantitative estimate of drug-likeness (QED) is 0.345. The monoisotopic (exact) mass is 315 g/mol. The van der Waals surface area contributed by atoms with Gasteiger partial charge in [0, 0.05) is 0 Å². The number of hydrogen-bond donors (Lipinski definition) is 0. The molecule has 0 atom stereocenters. The van der Waals surface area contributed by atoms with Crippen LogP contribution in [0.2, 0.25) is 0 Å². The van der Waals surface area contributed by atoms with Gasteiger partial charge in [-0.2, -0.15) is 4.39 Å². The number of nitrogens with zero attached hydrogens (tertiary/aromatic N) is 1. The van der Waals surface area contributed by atoms with Crippen molar-refractivity contribution in [1.82, 2.24) is 0 Å². The zero-order valence-corrected chi connectivity index (χ0v) is 9.02. The van der Waals surface area contributed by atoms with Crippen molar-refractivity contribution in [2.75, 3.05) is 0 Å². The highest BCUT2D eigenvalue weighted by Gasteiger charge is 2.24. The van der Waals surface area contributed by atoms with E-state index in [1.807, 2.05) is 0 Å². The fraction of sp³-hybridized carbons (Fsp3) is 0. The van der Waals surface area contributed by atoms with Gasteiger partial charge < -0.3 is 0 Å². The van der Waals surface area contributed by atoms with Crippen LogP contribution in [0.1, 0.15) is 0 Å². The van der Waals surface area contributed by atoms with E-state index in [1.165, 1.54) is 0 Å². The number of rotatable bonds is 1. The van der Waals surface area contributed by atoms with Crippen LogP contribution in [0.15, 0.2) is 15.0 Å². The van der Waals surface area contributed by atoms with E-state index < -0.39 is 26.7 Å². The molecule has 0 N–H and O–H groups in total. The lowest BCUT2D eigenvalue weighted by atomic mass is 10.3. The standard InChI is InChI=1S/C6HBr2F2NO2/c7-2-1-3(9)4(8)5(10)6(2)11(12)13/h1H. The van der Waals surface area contributed by atoms with Gasteiger partial charge in [0.25, 0.3) is 0 Å². The molecule has 0 spiro atoms. The molecule has 3 nitrogen and oxygen atoms in total. The van der Waals surface area contributed by atoms with Crippen LogP contribution in [0.3, 0.4) is 0 Å². The van der Waals surface area contributed by atoms with E-state index >= 15 is 0 Å². The molecule has 0 fully saturated rings. The first-order chi connectivity index (χ1) is 5.95. The van der Waals surface area contributed by atoms with Gasteiger partial charge >= 0.3 is 5.69 Å². The molecule has 0 aliphatic rings. The highest BCUT2D eigenvalue weighted by atomic mass is 79.9. The number of halogens is 4. The Morgan fingerprint density at radius 2 is 1.92 bits per heavy atom. The van der Waals surface area contributed by atoms with Gasteiger partial charge in [-0.1, -0.05) is 0 Å². The Labute approximate surface area is 88.2 Å². The van der Waals surface area contributed by atoms with Crippen LogP contribution < -0.4 is 0 Å². The van der Waals surface area contributed by atoms with E-state index in [0.29, 0.717) is 0 Å². The van der Waals surface area contributed by atoms with Crippen LogP contribution >= 0.6 is 31.9 Å². The summed E-state index contributed by atoms with van der Waals surface area (Å²) in [6, 6.07) is 0.825. The lowest BCUT2D eigenvalue weighted by molar-refractivity contribution is -0.388. The van der Waals surface area contributed by atoms with Crippen LogP contribution in [0.5, 0.6) is 0 Å². The highest BCUT2D eigenvalue weighted by Crippen LogP contribution is 2.34. The Bertz CT molecular complexity index is 383. The minimum absolute atomic E-state index is 0.226. The highest BCUT2D eigenvalue weighted by molar-refractivity contribution is 9.11. The minimum Gasteiger partial charge on any atom is -0.258 e. The smallest absolute Gasteiger partial charge is 0.258 e. The number of nitro groups is 1. The average Bonchev–Trinajstić information content (AvgIpc) is 1.99. The molecule has 7 heteroatoms. The van der Waals surface area contributed by atoms with Crippen molar-refractivity contribution in [2.24, 2.45) is 0 Å². The van der Waals surface area contributed by atoms with Crippen molar-refractivity contribution >= 4 is 37.5 Å². The Morgan fingerprint density at radius 3 is 2.38 bits per heavy atom. The van der Waals surface area contributed by atoms with Crippen LogP contribution in [-0.2, 0) is 0 Å². The molecular weight excluding hydrogens is 316 g/mol. The molecule has 0 amide bonds. The number of benzene rings is 1. The third kappa shape index (κ3) is 1.86. The first kappa shape index (κ1) is 10.5. The molecular formula is C6HBr2F2NO2. The summed E-state index contributed by atoms with van der Waals surface area (Å²) in [6.07, 6.45) is 0.